The predicted octanol–water partition coefficient (Wildman–Crippen LogP) is 1.48. The maximum absolute atomic E-state index is 11.8. The zero-order chi connectivity index (χ0) is 14.5. The van der Waals surface area contributed by atoms with Gasteiger partial charge < -0.3 is 19.5 Å². The minimum Gasteiger partial charge on any atom is -0.466 e. The number of nitrogens with one attached hydrogen (secondary N) is 1. The Morgan fingerprint density at radius 2 is 2.05 bits per heavy atom. The largest absolute Gasteiger partial charge is 0.466 e. The smallest absolute Gasteiger partial charge is 0.407 e. The summed E-state index contributed by atoms with van der Waals surface area (Å²) in [5, 5.41) is 2.72. The fraction of sp³-hybridized carbons (Fsp3) is 0.846. The van der Waals surface area contributed by atoms with Crippen LogP contribution in [0.5, 0.6) is 0 Å². The van der Waals surface area contributed by atoms with Crippen LogP contribution in [-0.4, -0.2) is 43.5 Å². The Labute approximate surface area is 113 Å². The lowest BCUT2D eigenvalue weighted by molar-refractivity contribution is -0.153. The van der Waals surface area contributed by atoms with Crippen molar-refractivity contribution in [2.24, 2.45) is 5.92 Å². The molecule has 0 aliphatic carbocycles. The topological polar surface area (TPSA) is 73.9 Å². The molecule has 2 atom stereocenters. The van der Waals surface area contributed by atoms with Crippen LogP contribution in [0.25, 0.3) is 0 Å². The molecular formula is C13H23NO5. The van der Waals surface area contributed by atoms with Crippen LogP contribution in [0.15, 0.2) is 0 Å². The van der Waals surface area contributed by atoms with Crippen molar-refractivity contribution < 1.29 is 23.8 Å². The van der Waals surface area contributed by atoms with E-state index in [0.29, 0.717) is 19.6 Å². The summed E-state index contributed by atoms with van der Waals surface area (Å²) >= 11 is 0. The van der Waals surface area contributed by atoms with Crippen molar-refractivity contribution in [1.82, 2.24) is 5.32 Å². The molecule has 19 heavy (non-hydrogen) atoms. The highest BCUT2D eigenvalue weighted by atomic mass is 16.6. The first-order chi connectivity index (χ1) is 8.83. The van der Waals surface area contributed by atoms with E-state index in [0.717, 1.165) is 0 Å². The monoisotopic (exact) mass is 273 g/mol. The molecule has 6 heteroatoms. The van der Waals surface area contributed by atoms with E-state index in [-0.39, 0.29) is 18.6 Å². The number of carbonyl (C=O) groups excluding carboxylic acids is 2. The van der Waals surface area contributed by atoms with E-state index in [4.69, 9.17) is 14.2 Å². The highest BCUT2D eigenvalue weighted by molar-refractivity contribution is 5.75. The van der Waals surface area contributed by atoms with Gasteiger partial charge in [-0.05, 0) is 34.1 Å². The molecule has 110 valence electrons. The average Bonchev–Trinajstić information content (AvgIpc) is 2.27. The van der Waals surface area contributed by atoms with Crippen LogP contribution in [0.1, 0.15) is 34.1 Å². The van der Waals surface area contributed by atoms with Gasteiger partial charge in [-0.15, -0.1) is 0 Å². The van der Waals surface area contributed by atoms with Crippen molar-refractivity contribution in [2.75, 3.05) is 19.8 Å². The lowest BCUT2D eigenvalue weighted by Gasteiger charge is -2.31. The molecule has 1 rings (SSSR count). The molecule has 1 aliphatic rings. The highest BCUT2D eigenvalue weighted by Gasteiger charge is 2.34. The molecule has 1 amide bonds. The Kier molecular flexibility index (Phi) is 5.60. The zero-order valence-corrected chi connectivity index (χ0v) is 12.0. The van der Waals surface area contributed by atoms with Gasteiger partial charge in [0.25, 0.3) is 0 Å². The number of carbonyl (C=O) groups is 2. The Balaban J connectivity index is 2.57. The summed E-state index contributed by atoms with van der Waals surface area (Å²) in [4.78, 5) is 23.5. The normalized spacial score (nSPS) is 23.6. The summed E-state index contributed by atoms with van der Waals surface area (Å²) in [6, 6.07) is -0.303. The van der Waals surface area contributed by atoms with E-state index in [1.165, 1.54) is 0 Å². The summed E-state index contributed by atoms with van der Waals surface area (Å²) in [5.41, 5.74) is -0.561. The molecule has 1 aliphatic heterocycles. The van der Waals surface area contributed by atoms with Crippen molar-refractivity contribution in [1.29, 1.82) is 0 Å². The third kappa shape index (κ3) is 5.46. The number of hydrogen-bond donors (Lipinski definition) is 1. The Morgan fingerprint density at radius 1 is 1.37 bits per heavy atom. The highest BCUT2D eigenvalue weighted by Crippen LogP contribution is 2.17. The van der Waals surface area contributed by atoms with Crippen molar-refractivity contribution in [3.05, 3.63) is 0 Å². The van der Waals surface area contributed by atoms with Gasteiger partial charge in [0.1, 0.15) is 11.5 Å². The van der Waals surface area contributed by atoms with Crippen molar-refractivity contribution in [3.63, 3.8) is 0 Å². The van der Waals surface area contributed by atoms with Gasteiger partial charge in [0, 0.05) is 12.6 Å². The van der Waals surface area contributed by atoms with E-state index >= 15 is 0 Å². The Bertz CT molecular complexity index is 323. The van der Waals surface area contributed by atoms with Gasteiger partial charge in [-0.25, -0.2) is 4.79 Å². The number of alkyl carbamates (subject to hydrolysis) is 1. The molecule has 0 saturated carbocycles. The van der Waals surface area contributed by atoms with Crippen LogP contribution in [-0.2, 0) is 19.0 Å². The molecule has 0 unspecified atom stereocenters. The molecular weight excluding hydrogens is 250 g/mol. The fourth-order valence-electron chi connectivity index (χ4n) is 1.85. The SMILES string of the molecule is CCOC(=O)[C@H]1COCC[C@H]1NC(=O)OC(C)(C)C. The van der Waals surface area contributed by atoms with Gasteiger partial charge in [-0.3, -0.25) is 4.79 Å². The van der Waals surface area contributed by atoms with Crippen LogP contribution >= 0.6 is 0 Å². The molecule has 1 N–H and O–H groups in total. The van der Waals surface area contributed by atoms with E-state index in [1.54, 1.807) is 27.7 Å². The van der Waals surface area contributed by atoms with Crippen molar-refractivity contribution in [2.45, 2.75) is 45.8 Å². The Hall–Kier alpha value is -1.30. The van der Waals surface area contributed by atoms with Gasteiger partial charge in [0.15, 0.2) is 0 Å². The Morgan fingerprint density at radius 3 is 2.63 bits per heavy atom. The molecule has 1 fully saturated rings. The van der Waals surface area contributed by atoms with E-state index in [1.807, 2.05) is 0 Å². The number of ether oxygens (including phenoxy) is 3. The number of amides is 1. The van der Waals surface area contributed by atoms with Gasteiger partial charge in [0.2, 0.25) is 0 Å². The second-order valence-corrected chi connectivity index (χ2v) is 5.47. The van der Waals surface area contributed by atoms with Crippen LogP contribution in [0.4, 0.5) is 4.79 Å². The maximum Gasteiger partial charge on any atom is 0.407 e. The fourth-order valence-corrected chi connectivity index (χ4v) is 1.85. The van der Waals surface area contributed by atoms with Crippen LogP contribution in [0.2, 0.25) is 0 Å². The van der Waals surface area contributed by atoms with Gasteiger partial charge in [-0.1, -0.05) is 0 Å². The van der Waals surface area contributed by atoms with E-state index in [9.17, 15) is 9.59 Å². The standard InChI is InChI=1S/C13H23NO5/c1-5-18-11(15)9-8-17-7-6-10(9)14-12(16)19-13(2,3)4/h9-10H,5-8H2,1-4H3,(H,14,16)/t9-,10+/m0/s1. The molecule has 0 spiro atoms. The summed E-state index contributed by atoms with van der Waals surface area (Å²) in [6.07, 6.45) is 0.0524. The second-order valence-electron chi connectivity index (χ2n) is 5.47. The third-order valence-electron chi connectivity index (χ3n) is 2.65. The van der Waals surface area contributed by atoms with E-state index < -0.39 is 17.6 Å². The minimum atomic E-state index is -0.561. The molecule has 0 radical (unpaired) electrons. The summed E-state index contributed by atoms with van der Waals surface area (Å²) in [6.45, 7) is 8.21. The van der Waals surface area contributed by atoms with Gasteiger partial charge in [0.05, 0.1) is 13.2 Å². The molecule has 0 aromatic rings. The molecule has 0 aromatic heterocycles. The van der Waals surface area contributed by atoms with Crippen LogP contribution in [0, 0.1) is 5.92 Å². The lowest BCUT2D eigenvalue weighted by atomic mass is 9.96. The minimum absolute atomic E-state index is 0.263. The summed E-state index contributed by atoms with van der Waals surface area (Å²) in [7, 11) is 0. The first-order valence-electron chi connectivity index (χ1n) is 6.57. The molecule has 0 bridgehead atoms. The summed E-state index contributed by atoms with van der Waals surface area (Å²) < 4.78 is 15.4. The van der Waals surface area contributed by atoms with Crippen molar-refractivity contribution >= 4 is 12.1 Å². The molecule has 1 heterocycles. The van der Waals surface area contributed by atoms with Crippen LogP contribution < -0.4 is 5.32 Å². The lowest BCUT2D eigenvalue weighted by Crippen LogP contribution is -2.50. The van der Waals surface area contributed by atoms with Crippen LogP contribution in [0.3, 0.4) is 0 Å². The predicted molar refractivity (Wildman–Crippen MR) is 68.7 cm³/mol. The molecule has 0 aromatic carbocycles. The van der Waals surface area contributed by atoms with Gasteiger partial charge in [-0.2, -0.15) is 0 Å². The van der Waals surface area contributed by atoms with Gasteiger partial charge >= 0.3 is 12.1 Å². The first-order valence-corrected chi connectivity index (χ1v) is 6.57. The molecule has 6 nitrogen and oxygen atoms in total. The third-order valence-corrected chi connectivity index (χ3v) is 2.65. The van der Waals surface area contributed by atoms with E-state index in [2.05, 4.69) is 5.32 Å². The average molecular weight is 273 g/mol. The molecule has 1 saturated heterocycles. The number of hydrogen-bond acceptors (Lipinski definition) is 5. The maximum atomic E-state index is 11.8. The quantitative estimate of drug-likeness (QED) is 0.788. The first kappa shape index (κ1) is 15.8. The van der Waals surface area contributed by atoms with Crippen molar-refractivity contribution in [3.8, 4) is 0 Å². The number of rotatable bonds is 3. The number of esters is 1. The summed E-state index contributed by atoms with van der Waals surface area (Å²) in [5.74, 6) is -0.815. The zero-order valence-electron chi connectivity index (χ0n) is 12.0. The second kappa shape index (κ2) is 6.75.